The van der Waals surface area contributed by atoms with Crippen LogP contribution in [0.5, 0.6) is 0 Å². The number of nitrogens with zero attached hydrogens (tertiary/aromatic N) is 1. The molecular formula is C54H107N2O6P. The standard InChI is InChI=1S/C54H107N2O6P/c1-6-8-10-12-14-16-18-20-21-22-23-24-25-26-27-28-29-30-31-32-33-34-35-36-37-39-41-43-45-47-53(57)52(51-62-63(59,60)61-50-49-56(3,4)5)55-54(58)48-46-44-42-40-38-19-17-15-13-11-9-7-2/h37,39,45,47,52-53,57H,6-36,38,40-44,46,48-51H2,1-5H3,(H-,55,58,59,60)/b39-37+,47-45+. The highest BCUT2D eigenvalue weighted by Gasteiger charge is 2.23. The van der Waals surface area contributed by atoms with E-state index in [0.29, 0.717) is 17.4 Å². The summed E-state index contributed by atoms with van der Waals surface area (Å²) in [5.74, 6) is -0.205. The third-order valence-electron chi connectivity index (χ3n) is 12.4. The number of carbonyl (C=O) groups is 1. The number of hydrogen-bond donors (Lipinski definition) is 2. The summed E-state index contributed by atoms with van der Waals surface area (Å²) in [5, 5.41) is 13.8. The molecule has 0 saturated heterocycles. The minimum Gasteiger partial charge on any atom is -0.756 e. The smallest absolute Gasteiger partial charge is 0.268 e. The fraction of sp³-hybridized carbons (Fsp3) is 0.907. The van der Waals surface area contributed by atoms with Crippen LogP contribution < -0.4 is 10.2 Å². The van der Waals surface area contributed by atoms with Gasteiger partial charge in [-0.25, -0.2) is 0 Å². The normalized spacial score (nSPS) is 14.2. The lowest BCUT2D eigenvalue weighted by Gasteiger charge is -2.29. The van der Waals surface area contributed by atoms with E-state index in [1.165, 1.54) is 205 Å². The van der Waals surface area contributed by atoms with Crippen LogP contribution in [0.3, 0.4) is 0 Å². The molecule has 0 aromatic rings. The highest BCUT2D eigenvalue weighted by atomic mass is 31.2. The van der Waals surface area contributed by atoms with Crippen LogP contribution in [0.2, 0.25) is 0 Å². The zero-order valence-electron chi connectivity index (χ0n) is 42.5. The maximum atomic E-state index is 12.9. The van der Waals surface area contributed by atoms with Gasteiger partial charge in [0.25, 0.3) is 7.82 Å². The van der Waals surface area contributed by atoms with Crippen molar-refractivity contribution in [2.75, 3.05) is 40.9 Å². The first-order chi connectivity index (χ1) is 30.5. The number of amides is 1. The highest BCUT2D eigenvalue weighted by Crippen LogP contribution is 2.38. The van der Waals surface area contributed by atoms with E-state index in [1.807, 2.05) is 27.2 Å². The first-order valence-electron chi connectivity index (χ1n) is 27.2. The van der Waals surface area contributed by atoms with Crippen molar-refractivity contribution in [3.8, 4) is 0 Å². The molecule has 0 aliphatic carbocycles. The highest BCUT2D eigenvalue weighted by molar-refractivity contribution is 7.45. The van der Waals surface area contributed by atoms with E-state index < -0.39 is 20.0 Å². The van der Waals surface area contributed by atoms with E-state index in [0.717, 1.165) is 38.5 Å². The van der Waals surface area contributed by atoms with Crippen molar-refractivity contribution in [3.05, 3.63) is 24.3 Å². The SMILES string of the molecule is CCCCCCCCCCCCCCCCCCCCCCCCC/C=C/CC/C=C/C(O)C(COP(=O)([O-])OCC[N+](C)(C)C)NC(=O)CCCCCCCCCCCCCC. The number of hydrogen-bond acceptors (Lipinski definition) is 6. The zero-order chi connectivity index (χ0) is 46.4. The molecule has 0 fully saturated rings. The van der Waals surface area contributed by atoms with Gasteiger partial charge in [-0.05, 0) is 32.1 Å². The Labute approximate surface area is 392 Å². The Morgan fingerprint density at radius 1 is 0.540 bits per heavy atom. The van der Waals surface area contributed by atoms with Crippen LogP contribution in [0.4, 0.5) is 0 Å². The van der Waals surface area contributed by atoms with Gasteiger partial charge in [0.15, 0.2) is 0 Å². The van der Waals surface area contributed by atoms with Gasteiger partial charge in [-0.1, -0.05) is 250 Å². The number of likely N-dealkylation sites (N-methyl/N-ethyl adjacent to an activating group) is 1. The summed E-state index contributed by atoms with van der Waals surface area (Å²) >= 11 is 0. The molecule has 2 N–H and O–H groups in total. The fourth-order valence-electron chi connectivity index (χ4n) is 8.11. The van der Waals surface area contributed by atoms with E-state index >= 15 is 0 Å². The molecule has 0 aromatic carbocycles. The molecule has 0 heterocycles. The van der Waals surface area contributed by atoms with Crippen LogP contribution in [0, 0.1) is 0 Å². The van der Waals surface area contributed by atoms with Gasteiger partial charge >= 0.3 is 0 Å². The number of allylic oxidation sites excluding steroid dienone is 3. The second-order valence-electron chi connectivity index (χ2n) is 19.9. The molecular weight excluding hydrogens is 804 g/mol. The maximum Gasteiger partial charge on any atom is 0.268 e. The third-order valence-corrected chi connectivity index (χ3v) is 13.4. The van der Waals surface area contributed by atoms with Crippen molar-refractivity contribution in [2.24, 2.45) is 0 Å². The largest absolute Gasteiger partial charge is 0.756 e. The van der Waals surface area contributed by atoms with Crippen molar-refractivity contribution in [3.63, 3.8) is 0 Å². The van der Waals surface area contributed by atoms with E-state index in [1.54, 1.807) is 6.08 Å². The van der Waals surface area contributed by atoms with Gasteiger partial charge in [-0.15, -0.1) is 0 Å². The first kappa shape index (κ1) is 62.0. The Balaban J connectivity index is 4.15. The van der Waals surface area contributed by atoms with Crippen molar-refractivity contribution in [1.29, 1.82) is 0 Å². The van der Waals surface area contributed by atoms with Crippen LogP contribution in [0.25, 0.3) is 0 Å². The first-order valence-corrected chi connectivity index (χ1v) is 28.7. The summed E-state index contributed by atoms with van der Waals surface area (Å²) in [7, 11) is 1.25. The second-order valence-corrected chi connectivity index (χ2v) is 21.3. The molecule has 9 heteroatoms. The summed E-state index contributed by atoms with van der Waals surface area (Å²) in [6.45, 7) is 4.65. The number of carbonyl (C=O) groups excluding carboxylic acids is 1. The van der Waals surface area contributed by atoms with Gasteiger partial charge in [0, 0.05) is 6.42 Å². The lowest BCUT2D eigenvalue weighted by Crippen LogP contribution is -2.45. The molecule has 3 atom stereocenters. The van der Waals surface area contributed by atoms with Crippen molar-refractivity contribution in [2.45, 2.75) is 276 Å². The number of phosphoric acid groups is 1. The molecule has 0 radical (unpaired) electrons. The summed E-state index contributed by atoms with van der Waals surface area (Å²) in [5.41, 5.74) is 0. The van der Waals surface area contributed by atoms with Gasteiger partial charge < -0.3 is 28.8 Å². The summed E-state index contributed by atoms with van der Waals surface area (Å²) in [6.07, 6.45) is 56.9. The van der Waals surface area contributed by atoms with Crippen molar-refractivity contribution < 1.29 is 32.9 Å². The molecule has 0 rings (SSSR count). The number of nitrogens with one attached hydrogen (secondary N) is 1. The average molecular weight is 911 g/mol. The molecule has 0 aliphatic heterocycles. The van der Waals surface area contributed by atoms with Crippen LogP contribution in [-0.2, 0) is 18.4 Å². The second kappa shape index (κ2) is 46.1. The number of rotatable bonds is 50. The molecule has 0 aromatic heterocycles. The summed E-state index contributed by atoms with van der Waals surface area (Å²) in [6, 6.07) is -0.898. The van der Waals surface area contributed by atoms with E-state index in [9.17, 15) is 19.4 Å². The Morgan fingerprint density at radius 3 is 1.29 bits per heavy atom. The Hall–Kier alpha value is -1.02. The minimum absolute atomic E-state index is 0.00408. The molecule has 374 valence electrons. The van der Waals surface area contributed by atoms with Crippen LogP contribution >= 0.6 is 7.82 Å². The molecule has 1 amide bonds. The number of quaternary nitrogens is 1. The van der Waals surface area contributed by atoms with E-state index in [2.05, 4.69) is 31.3 Å². The lowest BCUT2D eigenvalue weighted by atomic mass is 10.0. The monoisotopic (exact) mass is 911 g/mol. The molecule has 8 nitrogen and oxygen atoms in total. The maximum absolute atomic E-state index is 12.9. The number of unbranched alkanes of at least 4 members (excludes halogenated alkanes) is 35. The van der Waals surface area contributed by atoms with Gasteiger partial charge in [0.05, 0.1) is 39.9 Å². The third kappa shape index (κ3) is 48.7. The van der Waals surface area contributed by atoms with Gasteiger partial charge in [0.1, 0.15) is 13.2 Å². The number of aliphatic hydroxyl groups excluding tert-OH is 1. The molecule has 0 saturated carbocycles. The van der Waals surface area contributed by atoms with Crippen molar-refractivity contribution in [1.82, 2.24) is 5.32 Å². The van der Waals surface area contributed by atoms with Gasteiger partial charge in [-0.3, -0.25) is 9.36 Å². The average Bonchev–Trinajstić information content (AvgIpc) is 3.24. The quantitative estimate of drug-likeness (QED) is 0.0272. The zero-order valence-corrected chi connectivity index (χ0v) is 43.4. The molecule has 63 heavy (non-hydrogen) atoms. The van der Waals surface area contributed by atoms with Crippen LogP contribution in [-0.4, -0.2) is 68.5 Å². The fourth-order valence-corrected chi connectivity index (χ4v) is 8.84. The van der Waals surface area contributed by atoms with Crippen LogP contribution in [0.1, 0.15) is 264 Å². The summed E-state index contributed by atoms with van der Waals surface area (Å²) in [4.78, 5) is 25.3. The van der Waals surface area contributed by atoms with E-state index in [-0.39, 0.29) is 19.1 Å². The van der Waals surface area contributed by atoms with E-state index in [4.69, 9.17) is 9.05 Å². The minimum atomic E-state index is -4.59. The summed E-state index contributed by atoms with van der Waals surface area (Å²) < 4.78 is 23.2. The molecule has 3 unspecified atom stereocenters. The molecule has 0 spiro atoms. The number of aliphatic hydroxyl groups is 1. The molecule has 0 aliphatic rings. The predicted molar refractivity (Wildman–Crippen MR) is 270 cm³/mol. The Bertz CT molecular complexity index is 1080. The van der Waals surface area contributed by atoms with Crippen molar-refractivity contribution >= 4 is 13.7 Å². The Kier molecular flexibility index (Phi) is 45.4. The molecule has 0 bridgehead atoms. The predicted octanol–water partition coefficient (Wildman–Crippen LogP) is 15.4. The Morgan fingerprint density at radius 2 is 0.889 bits per heavy atom. The number of phosphoric ester groups is 1. The van der Waals surface area contributed by atoms with Gasteiger partial charge in [-0.2, -0.15) is 0 Å². The topological polar surface area (TPSA) is 108 Å². The van der Waals surface area contributed by atoms with Crippen LogP contribution in [0.15, 0.2) is 24.3 Å². The lowest BCUT2D eigenvalue weighted by molar-refractivity contribution is -0.870. The van der Waals surface area contributed by atoms with Gasteiger partial charge in [0.2, 0.25) is 5.91 Å².